The summed E-state index contributed by atoms with van der Waals surface area (Å²) >= 11 is 3.43. The summed E-state index contributed by atoms with van der Waals surface area (Å²) in [5.41, 5.74) is 3.23. The third-order valence-corrected chi connectivity index (χ3v) is 5.54. The van der Waals surface area contributed by atoms with Gasteiger partial charge in [-0.3, -0.25) is 4.99 Å². The van der Waals surface area contributed by atoms with Crippen molar-refractivity contribution in [2.75, 3.05) is 19.8 Å². The zero-order valence-corrected chi connectivity index (χ0v) is 20.0. The van der Waals surface area contributed by atoms with Crippen LogP contribution in [0.2, 0.25) is 0 Å². The molecule has 0 saturated carbocycles. The van der Waals surface area contributed by atoms with Gasteiger partial charge in [0, 0.05) is 37.0 Å². The maximum Gasteiger partial charge on any atom is 0.191 e. The standard InChI is InChI=1S/C19H27FN4S2.HI/c1-14-12-26-18(24-14)6-4-5-9-22-19(21-2)23-11-15-7-8-17(20)10-16(15)13-25-3;/h7-8,10,12H,4-6,9,11,13H2,1-3H3,(H2,21,22,23);1H. The van der Waals surface area contributed by atoms with Crippen LogP contribution in [-0.2, 0) is 18.7 Å². The third kappa shape index (κ3) is 8.78. The molecule has 4 nitrogen and oxygen atoms in total. The fourth-order valence-corrected chi connectivity index (χ4v) is 3.98. The number of hydrogen-bond acceptors (Lipinski definition) is 4. The van der Waals surface area contributed by atoms with Crippen molar-refractivity contribution < 1.29 is 4.39 Å². The molecule has 0 aliphatic rings. The molecule has 1 aromatic carbocycles. The summed E-state index contributed by atoms with van der Waals surface area (Å²) in [6, 6.07) is 4.97. The molecule has 0 radical (unpaired) electrons. The fraction of sp³-hybridized carbons (Fsp3) is 0.474. The summed E-state index contributed by atoms with van der Waals surface area (Å²) in [5.74, 6) is 1.39. The molecule has 0 aliphatic carbocycles. The number of nitrogens with zero attached hydrogens (tertiary/aromatic N) is 2. The molecular formula is C19H28FIN4S2. The fourth-order valence-electron chi connectivity index (χ4n) is 2.58. The molecule has 0 atom stereocenters. The average Bonchev–Trinajstić information content (AvgIpc) is 3.04. The number of halogens is 2. The molecule has 1 aromatic heterocycles. The average molecular weight is 522 g/mol. The van der Waals surface area contributed by atoms with E-state index >= 15 is 0 Å². The number of hydrogen-bond donors (Lipinski definition) is 2. The third-order valence-electron chi connectivity index (χ3n) is 3.91. The second-order valence-corrected chi connectivity index (χ2v) is 7.85. The summed E-state index contributed by atoms with van der Waals surface area (Å²) in [6.45, 7) is 3.53. The SMILES string of the molecule is CN=C(NCCCCc1nc(C)cs1)NCc1ccc(F)cc1CSC.I. The quantitative estimate of drug-likeness (QED) is 0.216. The Morgan fingerprint density at radius 2 is 2.07 bits per heavy atom. The van der Waals surface area contributed by atoms with Crippen molar-refractivity contribution in [3.63, 3.8) is 0 Å². The Hall–Kier alpha value is -0.870. The largest absolute Gasteiger partial charge is 0.356 e. The monoisotopic (exact) mass is 522 g/mol. The number of aryl methyl sites for hydroxylation is 2. The van der Waals surface area contributed by atoms with Crippen molar-refractivity contribution in [3.05, 3.63) is 51.2 Å². The molecule has 2 aromatic rings. The van der Waals surface area contributed by atoms with Crippen LogP contribution < -0.4 is 10.6 Å². The van der Waals surface area contributed by atoms with E-state index in [2.05, 4.69) is 26.0 Å². The lowest BCUT2D eigenvalue weighted by molar-refractivity contribution is 0.625. The first-order chi connectivity index (χ1) is 12.6. The van der Waals surface area contributed by atoms with E-state index in [0.717, 1.165) is 54.3 Å². The van der Waals surface area contributed by atoms with Crippen LogP contribution in [0.15, 0.2) is 28.6 Å². The normalized spacial score (nSPS) is 11.2. The van der Waals surface area contributed by atoms with Gasteiger partial charge >= 0.3 is 0 Å². The Morgan fingerprint density at radius 3 is 2.74 bits per heavy atom. The predicted octanol–water partition coefficient (Wildman–Crippen LogP) is 4.76. The van der Waals surface area contributed by atoms with Crippen LogP contribution in [0.3, 0.4) is 0 Å². The van der Waals surface area contributed by atoms with Gasteiger partial charge in [0.25, 0.3) is 0 Å². The summed E-state index contributed by atoms with van der Waals surface area (Å²) in [4.78, 5) is 8.75. The minimum Gasteiger partial charge on any atom is -0.356 e. The molecule has 150 valence electrons. The number of benzene rings is 1. The van der Waals surface area contributed by atoms with E-state index in [-0.39, 0.29) is 29.8 Å². The number of aliphatic imine (C=N–C) groups is 1. The molecule has 0 unspecified atom stereocenters. The van der Waals surface area contributed by atoms with E-state index in [1.54, 1.807) is 36.2 Å². The van der Waals surface area contributed by atoms with Gasteiger partial charge in [-0.05, 0) is 55.7 Å². The van der Waals surface area contributed by atoms with Crippen molar-refractivity contribution in [1.29, 1.82) is 0 Å². The van der Waals surface area contributed by atoms with E-state index in [1.807, 2.05) is 19.2 Å². The van der Waals surface area contributed by atoms with E-state index in [1.165, 1.54) is 11.1 Å². The van der Waals surface area contributed by atoms with Gasteiger partial charge < -0.3 is 10.6 Å². The number of thioether (sulfide) groups is 1. The smallest absolute Gasteiger partial charge is 0.191 e. The number of unbranched alkanes of at least 4 members (excludes halogenated alkanes) is 1. The van der Waals surface area contributed by atoms with E-state index in [9.17, 15) is 4.39 Å². The summed E-state index contributed by atoms with van der Waals surface area (Å²) in [5, 5.41) is 9.96. The first kappa shape index (κ1) is 24.2. The number of nitrogens with one attached hydrogen (secondary N) is 2. The minimum absolute atomic E-state index is 0. The van der Waals surface area contributed by atoms with E-state index in [4.69, 9.17) is 0 Å². The second kappa shape index (κ2) is 13.3. The Labute approximate surface area is 186 Å². The van der Waals surface area contributed by atoms with E-state index < -0.39 is 0 Å². The highest BCUT2D eigenvalue weighted by molar-refractivity contribution is 14.0. The van der Waals surface area contributed by atoms with Gasteiger partial charge in [0.2, 0.25) is 0 Å². The number of thiazole rings is 1. The molecule has 0 amide bonds. The number of aromatic nitrogens is 1. The molecule has 0 fully saturated rings. The van der Waals surface area contributed by atoms with Gasteiger partial charge in [-0.25, -0.2) is 9.37 Å². The number of guanidine groups is 1. The van der Waals surface area contributed by atoms with Crippen molar-refractivity contribution in [2.45, 2.75) is 38.5 Å². The molecule has 0 bridgehead atoms. The first-order valence-corrected chi connectivity index (χ1v) is 11.0. The topological polar surface area (TPSA) is 49.3 Å². The molecule has 8 heteroatoms. The number of rotatable bonds is 9. The van der Waals surface area contributed by atoms with Crippen molar-refractivity contribution in [3.8, 4) is 0 Å². The molecule has 2 N–H and O–H groups in total. The molecule has 27 heavy (non-hydrogen) atoms. The van der Waals surface area contributed by atoms with Crippen LogP contribution in [-0.4, -0.2) is 30.8 Å². The summed E-state index contributed by atoms with van der Waals surface area (Å²) in [6.07, 6.45) is 5.22. The van der Waals surface area contributed by atoms with Crippen LogP contribution in [0.5, 0.6) is 0 Å². The van der Waals surface area contributed by atoms with Crippen molar-refractivity contribution >= 4 is 53.0 Å². The van der Waals surface area contributed by atoms with Crippen molar-refractivity contribution in [1.82, 2.24) is 15.6 Å². The minimum atomic E-state index is -0.185. The Balaban J connectivity index is 0.00000364. The van der Waals surface area contributed by atoms with Gasteiger partial charge in [0.15, 0.2) is 5.96 Å². The van der Waals surface area contributed by atoms with Gasteiger partial charge in [0.1, 0.15) is 5.82 Å². The molecule has 0 aliphatic heterocycles. The van der Waals surface area contributed by atoms with Crippen LogP contribution in [0.4, 0.5) is 4.39 Å². The Kier molecular flexibility index (Phi) is 11.9. The molecule has 0 saturated heterocycles. The highest BCUT2D eigenvalue weighted by Gasteiger charge is 2.05. The molecule has 0 spiro atoms. The van der Waals surface area contributed by atoms with Gasteiger partial charge in [0.05, 0.1) is 5.01 Å². The Morgan fingerprint density at radius 1 is 1.26 bits per heavy atom. The van der Waals surface area contributed by atoms with Gasteiger partial charge in [-0.15, -0.1) is 35.3 Å². The summed E-state index contributed by atoms with van der Waals surface area (Å²) in [7, 11) is 1.77. The van der Waals surface area contributed by atoms with Crippen molar-refractivity contribution in [2.24, 2.45) is 4.99 Å². The second-order valence-electron chi connectivity index (χ2n) is 6.04. The lowest BCUT2D eigenvalue weighted by Crippen LogP contribution is -2.37. The molecule has 2 rings (SSSR count). The van der Waals surface area contributed by atoms with Crippen LogP contribution >= 0.6 is 47.1 Å². The Bertz CT molecular complexity index is 721. The molecular weight excluding hydrogens is 494 g/mol. The zero-order valence-electron chi connectivity index (χ0n) is 16.0. The zero-order chi connectivity index (χ0) is 18.8. The first-order valence-electron chi connectivity index (χ1n) is 8.74. The van der Waals surface area contributed by atoms with Crippen LogP contribution in [0.25, 0.3) is 0 Å². The van der Waals surface area contributed by atoms with Crippen LogP contribution in [0.1, 0.15) is 34.7 Å². The summed E-state index contributed by atoms with van der Waals surface area (Å²) < 4.78 is 13.4. The maximum atomic E-state index is 13.4. The lowest BCUT2D eigenvalue weighted by Gasteiger charge is -2.14. The van der Waals surface area contributed by atoms with Crippen LogP contribution in [0, 0.1) is 12.7 Å². The van der Waals surface area contributed by atoms with Gasteiger partial charge in [-0.1, -0.05) is 6.07 Å². The van der Waals surface area contributed by atoms with E-state index in [0.29, 0.717) is 6.54 Å². The lowest BCUT2D eigenvalue weighted by atomic mass is 10.1. The molecule has 1 heterocycles. The highest BCUT2D eigenvalue weighted by atomic mass is 127. The maximum absolute atomic E-state index is 13.4. The predicted molar refractivity (Wildman–Crippen MR) is 127 cm³/mol. The highest BCUT2D eigenvalue weighted by Crippen LogP contribution is 2.16. The van der Waals surface area contributed by atoms with Gasteiger partial charge in [-0.2, -0.15) is 11.8 Å².